The summed E-state index contributed by atoms with van der Waals surface area (Å²) in [7, 11) is 0. The van der Waals surface area contributed by atoms with Crippen LogP contribution in [0.15, 0.2) is 35.7 Å². The van der Waals surface area contributed by atoms with Crippen LogP contribution in [-0.2, 0) is 4.79 Å². The van der Waals surface area contributed by atoms with Crippen molar-refractivity contribution in [3.8, 4) is 5.69 Å². The van der Waals surface area contributed by atoms with Crippen LogP contribution in [0.5, 0.6) is 0 Å². The van der Waals surface area contributed by atoms with Crippen LogP contribution in [0.4, 0.5) is 0 Å². The molecule has 0 saturated carbocycles. The highest BCUT2D eigenvalue weighted by atomic mass is 35.5. The summed E-state index contributed by atoms with van der Waals surface area (Å²) in [4.78, 5) is 14.7. The van der Waals surface area contributed by atoms with Gasteiger partial charge in [0, 0.05) is 23.1 Å². The molecule has 1 aromatic carbocycles. The Balaban J connectivity index is 2.30. The predicted molar refractivity (Wildman–Crippen MR) is 71.7 cm³/mol. The fourth-order valence-electron chi connectivity index (χ4n) is 1.45. The Morgan fingerprint density at radius 1 is 1.56 bits per heavy atom. The Labute approximate surface area is 114 Å². The molecule has 1 heterocycles. The second-order valence-corrected chi connectivity index (χ2v) is 5.05. The molecule has 0 atom stereocenters. The van der Waals surface area contributed by atoms with Gasteiger partial charge in [0.15, 0.2) is 5.16 Å². The molecule has 1 N–H and O–H groups in total. The Hall–Kier alpha value is -1.46. The number of carboxylic acids is 1. The molecular weight excluding hydrogens is 272 g/mol. The molecule has 0 spiro atoms. The topological polar surface area (TPSA) is 55.1 Å². The van der Waals surface area contributed by atoms with E-state index in [1.54, 1.807) is 12.4 Å². The summed E-state index contributed by atoms with van der Waals surface area (Å²) in [5.41, 5.74) is 1.87. The van der Waals surface area contributed by atoms with Crippen LogP contribution in [0.3, 0.4) is 0 Å². The van der Waals surface area contributed by atoms with Crippen molar-refractivity contribution in [2.75, 3.05) is 5.75 Å². The zero-order valence-corrected chi connectivity index (χ0v) is 11.2. The van der Waals surface area contributed by atoms with Gasteiger partial charge in [-0.3, -0.25) is 9.36 Å². The predicted octanol–water partition coefficient (Wildman–Crippen LogP) is 3.01. The standard InChI is InChI=1S/C12H11ClN2O2S/c1-8-2-3-9(6-10(8)13)15-5-4-14-12(15)18-7-11(16)17/h2-6H,7H2,1H3,(H,16,17). The minimum atomic E-state index is -0.864. The van der Waals surface area contributed by atoms with Gasteiger partial charge in [0.25, 0.3) is 0 Å². The maximum Gasteiger partial charge on any atom is 0.313 e. The molecule has 94 valence electrons. The zero-order valence-electron chi connectivity index (χ0n) is 9.63. The van der Waals surface area contributed by atoms with Gasteiger partial charge >= 0.3 is 5.97 Å². The van der Waals surface area contributed by atoms with E-state index in [0.717, 1.165) is 11.3 Å². The number of rotatable bonds is 4. The highest BCUT2D eigenvalue weighted by molar-refractivity contribution is 7.99. The summed E-state index contributed by atoms with van der Waals surface area (Å²) in [6.45, 7) is 1.93. The number of carbonyl (C=O) groups is 1. The summed E-state index contributed by atoms with van der Waals surface area (Å²) in [6, 6.07) is 5.68. The number of aromatic nitrogens is 2. The van der Waals surface area contributed by atoms with Gasteiger partial charge in [0.2, 0.25) is 0 Å². The summed E-state index contributed by atoms with van der Waals surface area (Å²) < 4.78 is 1.82. The van der Waals surface area contributed by atoms with E-state index in [-0.39, 0.29) is 5.75 Å². The lowest BCUT2D eigenvalue weighted by atomic mass is 10.2. The van der Waals surface area contributed by atoms with Gasteiger partial charge in [0.05, 0.1) is 5.75 Å². The van der Waals surface area contributed by atoms with Gasteiger partial charge in [-0.1, -0.05) is 29.4 Å². The van der Waals surface area contributed by atoms with E-state index in [9.17, 15) is 4.79 Å². The largest absolute Gasteiger partial charge is 0.481 e. The van der Waals surface area contributed by atoms with Gasteiger partial charge in [-0.25, -0.2) is 4.98 Å². The van der Waals surface area contributed by atoms with Crippen LogP contribution in [-0.4, -0.2) is 26.4 Å². The average Bonchev–Trinajstić information content (AvgIpc) is 2.78. The van der Waals surface area contributed by atoms with Crippen molar-refractivity contribution in [3.05, 3.63) is 41.2 Å². The number of carboxylic acid groups (broad SMARTS) is 1. The lowest BCUT2D eigenvalue weighted by molar-refractivity contribution is -0.133. The minimum Gasteiger partial charge on any atom is -0.481 e. The van der Waals surface area contributed by atoms with Crippen molar-refractivity contribution in [2.45, 2.75) is 12.1 Å². The molecule has 0 unspecified atom stereocenters. The van der Waals surface area contributed by atoms with Crippen LogP contribution >= 0.6 is 23.4 Å². The van der Waals surface area contributed by atoms with Crippen LogP contribution in [0, 0.1) is 6.92 Å². The number of thioether (sulfide) groups is 1. The number of halogens is 1. The molecule has 1 aromatic heterocycles. The Morgan fingerprint density at radius 3 is 3.00 bits per heavy atom. The Bertz CT molecular complexity index is 583. The SMILES string of the molecule is Cc1ccc(-n2ccnc2SCC(=O)O)cc1Cl. The van der Waals surface area contributed by atoms with Crippen LogP contribution < -0.4 is 0 Å². The van der Waals surface area contributed by atoms with E-state index in [0.29, 0.717) is 10.2 Å². The van der Waals surface area contributed by atoms with Crippen LogP contribution in [0.25, 0.3) is 5.69 Å². The van der Waals surface area contributed by atoms with Crippen molar-refractivity contribution < 1.29 is 9.90 Å². The minimum absolute atomic E-state index is 0.0173. The molecule has 2 aromatic rings. The summed E-state index contributed by atoms with van der Waals surface area (Å²) in [5.74, 6) is -0.882. The first-order valence-electron chi connectivity index (χ1n) is 5.22. The molecule has 6 heteroatoms. The Kier molecular flexibility index (Phi) is 3.93. The van der Waals surface area contributed by atoms with E-state index in [1.165, 1.54) is 11.8 Å². The molecule has 0 radical (unpaired) electrons. The average molecular weight is 283 g/mol. The molecule has 2 rings (SSSR count). The molecule has 0 aliphatic rings. The number of nitrogens with zero attached hydrogens (tertiary/aromatic N) is 2. The van der Waals surface area contributed by atoms with E-state index >= 15 is 0 Å². The first kappa shape index (κ1) is 13.0. The maximum atomic E-state index is 10.6. The van der Waals surface area contributed by atoms with E-state index < -0.39 is 5.97 Å². The van der Waals surface area contributed by atoms with Crippen molar-refractivity contribution in [3.63, 3.8) is 0 Å². The molecule has 0 fully saturated rings. The molecule has 4 nitrogen and oxygen atoms in total. The second-order valence-electron chi connectivity index (χ2n) is 3.70. The molecular formula is C12H11ClN2O2S. The van der Waals surface area contributed by atoms with E-state index in [4.69, 9.17) is 16.7 Å². The summed E-state index contributed by atoms with van der Waals surface area (Å²) in [6.07, 6.45) is 3.42. The summed E-state index contributed by atoms with van der Waals surface area (Å²) >= 11 is 7.25. The molecule has 18 heavy (non-hydrogen) atoms. The van der Waals surface area contributed by atoms with Crippen molar-refractivity contribution in [1.29, 1.82) is 0 Å². The fraction of sp³-hybridized carbons (Fsp3) is 0.167. The number of imidazole rings is 1. The van der Waals surface area contributed by atoms with Gasteiger partial charge in [-0.2, -0.15) is 0 Å². The number of hydrogen-bond acceptors (Lipinski definition) is 3. The number of hydrogen-bond donors (Lipinski definition) is 1. The fourth-order valence-corrected chi connectivity index (χ4v) is 2.32. The normalized spacial score (nSPS) is 10.6. The highest BCUT2D eigenvalue weighted by Gasteiger charge is 2.08. The zero-order chi connectivity index (χ0) is 13.1. The number of benzene rings is 1. The van der Waals surface area contributed by atoms with Gasteiger partial charge < -0.3 is 5.11 Å². The van der Waals surface area contributed by atoms with Crippen molar-refractivity contribution >= 4 is 29.3 Å². The number of aryl methyl sites for hydroxylation is 1. The smallest absolute Gasteiger partial charge is 0.313 e. The van der Waals surface area contributed by atoms with Gasteiger partial charge in [0.1, 0.15) is 0 Å². The quantitative estimate of drug-likeness (QED) is 0.876. The maximum absolute atomic E-state index is 10.6. The summed E-state index contributed by atoms with van der Waals surface area (Å²) in [5, 5.41) is 9.99. The molecule has 0 bridgehead atoms. The third kappa shape index (κ3) is 2.86. The third-order valence-corrected chi connectivity index (χ3v) is 3.72. The van der Waals surface area contributed by atoms with E-state index in [1.807, 2.05) is 29.7 Å². The molecule has 0 saturated heterocycles. The highest BCUT2D eigenvalue weighted by Crippen LogP contribution is 2.24. The number of aliphatic carboxylic acids is 1. The first-order chi connectivity index (χ1) is 8.58. The lowest BCUT2D eigenvalue weighted by Crippen LogP contribution is -2.01. The third-order valence-electron chi connectivity index (χ3n) is 2.37. The first-order valence-corrected chi connectivity index (χ1v) is 6.59. The van der Waals surface area contributed by atoms with Crippen LogP contribution in [0.2, 0.25) is 5.02 Å². The molecule has 0 aliphatic carbocycles. The Morgan fingerprint density at radius 2 is 2.33 bits per heavy atom. The monoisotopic (exact) mass is 282 g/mol. The molecule has 0 amide bonds. The second kappa shape index (κ2) is 5.46. The van der Waals surface area contributed by atoms with E-state index in [2.05, 4.69) is 4.98 Å². The van der Waals surface area contributed by atoms with Crippen molar-refractivity contribution in [1.82, 2.24) is 9.55 Å². The van der Waals surface area contributed by atoms with Crippen molar-refractivity contribution in [2.24, 2.45) is 0 Å². The molecule has 0 aliphatic heterocycles. The van der Waals surface area contributed by atoms with Crippen LogP contribution in [0.1, 0.15) is 5.56 Å². The lowest BCUT2D eigenvalue weighted by Gasteiger charge is -2.08. The van der Waals surface area contributed by atoms with Gasteiger partial charge in [-0.05, 0) is 24.6 Å². The van der Waals surface area contributed by atoms with Gasteiger partial charge in [-0.15, -0.1) is 0 Å².